The zero-order chi connectivity index (χ0) is 14.5. The molecule has 1 aromatic heterocycles. The molecule has 0 saturated carbocycles. The van der Waals surface area contributed by atoms with Crippen LogP contribution in [0.5, 0.6) is 0 Å². The summed E-state index contributed by atoms with van der Waals surface area (Å²) in [6.45, 7) is 0. The number of carbonyl (C=O) groups is 2. The van der Waals surface area contributed by atoms with Crippen LogP contribution in [0.15, 0.2) is 42.6 Å². The van der Waals surface area contributed by atoms with Crippen molar-refractivity contribution in [2.75, 3.05) is 11.1 Å². The molecule has 20 heavy (non-hydrogen) atoms. The van der Waals surface area contributed by atoms with Gasteiger partial charge in [-0.15, -0.1) is 0 Å². The molecule has 6 heteroatoms. The second-order valence-corrected chi connectivity index (χ2v) is 4.16. The Hall–Kier alpha value is -2.89. The average molecular weight is 271 g/mol. The van der Waals surface area contributed by atoms with Crippen molar-refractivity contribution in [3.8, 4) is 0 Å². The van der Waals surface area contributed by atoms with Crippen molar-refractivity contribution in [3.05, 3.63) is 53.9 Å². The Labute approximate surface area is 115 Å². The topological polar surface area (TPSA) is 105 Å². The quantitative estimate of drug-likeness (QED) is 0.782. The van der Waals surface area contributed by atoms with Gasteiger partial charge in [-0.25, -0.2) is 4.98 Å². The molecule has 1 heterocycles. The summed E-state index contributed by atoms with van der Waals surface area (Å²) < 4.78 is 0. The van der Waals surface area contributed by atoms with Crippen LogP contribution in [0.1, 0.15) is 16.1 Å². The minimum Gasteiger partial charge on any atom is -0.481 e. The lowest BCUT2D eigenvalue weighted by Gasteiger charge is -2.07. The standard InChI is InChI=1S/C14H13N3O3/c15-11-2-1-7-16-13(11)14(20)17-10-5-3-9(4-6-10)8-12(18)19/h1-7H,8,15H2,(H,17,20)(H,18,19). The highest BCUT2D eigenvalue weighted by Crippen LogP contribution is 2.13. The Balaban J connectivity index is 2.09. The monoisotopic (exact) mass is 271 g/mol. The SMILES string of the molecule is Nc1cccnc1C(=O)Nc1ccc(CC(=O)O)cc1. The summed E-state index contributed by atoms with van der Waals surface area (Å²) in [4.78, 5) is 26.4. The second kappa shape index (κ2) is 5.83. The van der Waals surface area contributed by atoms with E-state index in [1.807, 2.05) is 0 Å². The summed E-state index contributed by atoms with van der Waals surface area (Å²) in [7, 11) is 0. The number of nitrogens with one attached hydrogen (secondary N) is 1. The summed E-state index contributed by atoms with van der Waals surface area (Å²) in [6.07, 6.45) is 1.43. The minimum atomic E-state index is -0.900. The number of carboxylic acids is 1. The summed E-state index contributed by atoms with van der Waals surface area (Å²) >= 11 is 0. The van der Waals surface area contributed by atoms with Crippen molar-refractivity contribution in [3.63, 3.8) is 0 Å². The molecule has 2 aromatic rings. The molecule has 0 aliphatic carbocycles. The van der Waals surface area contributed by atoms with Gasteiger partial charge >= 0.3 is 5.97 Å². The van der Waals surface area contributed by atoms with Crippen LogP contribution in [0.4, 0.5) is 11.4 Å². The van der Waals surface area contributed by atoms with E-state index < -0.39 is 11.9 Å². The molecule has 102 valence electrons. The van der Waals surface area contributed by atoms with Crippen molar-refractivity contribution in [2.45, 2.75) is 6.42 Å². The number of rotatable bonds is 4. The number of nitrogens with zero attached hydrogens (tertiary/aromatic N) is 1. The Morgan fingerprint density at radius 2 is 1.90 bits per heavy atom. The average Bonchev–Trinajstić information content (AvgIpc) is 2.41. The smallest absolute Gasteiger partial charge is 0.307 e. The van der Waals surface area contributed by atoms with Gasteiger partial charge < -0.3 is 16.2 Å². The van der Waals surface area contributed by atoms with E-state index in [1.54, 1.807) is 36.4 Å². The summed E-state index contributed by atoms with van der Waals surface area (Å²) in [5.41, 5.74) is 7.33. The highest BCUT2D eigenvalue weighted by molar-refractivity contribution is 6.06. The minimum absolute atomic E-state index is 0.0542. The molecule has 0 atom stereocenters. The fourth-order valence-electron chi connectivity index (χ4n) is 1.68. The highest BCUT2D eigenvalue weighted by Gasteiger charge is 2.11. The third-order valence-electron chi connectivity index (χ3n) is 2.62. The Bertz CT molecular complexity index is 638. The van der Waals surface area contributed by atoms with E-state index in [4.69, 9.17) is 10.8 Å². The molecular formula is C14H13N3O3. The van der Waals surface area contributed by atoms with Gasteiger partial charge in [-0.1, -0.05) is 12.1 Å². The lowest BCUT2D eigenvalue weighted by molar-refractivity contribution is -0.136. The fraction of sp³-hybridized carbons (Fsp3) is 0.0714. The van der Waals surface area contributed by atoms with Gasteiger partial charge in [0, 0.05) is 11.9 Å². The van der Waals surface area contributed by atoms with Gasteiger partial charge in [0.2, 0.25) is 0 Å². The van der Waals surface area contributed by atoms with Crippen molar-refractivity contribution in [1.82, 2.24) is 4.98 Å². The first kappa shape index (κ1) is 13.5. The number of aromatic nitrogens is 1. The van der Waals surface area contributed by atoms with Gasteiger partial charge in [0.05, 0.1) is 12.1 Å². The summed E-state index contributed by atoms with van der Waals surface area (Å²) in [5, 5.41) is 11.3. The second-order valence-electron chi connectivity index (χ2n) is 4.16. The number of benzene rings is 1. The Morgan fingerprint density at radius 1 is 1.20 bits per heavy atom. The summed E-state index contributed by atoms with van der Waals surface area (Å²) in [6, 6.07) is 9.80. The van der Waals surface area contributed by atoms with Crippen LogP contribution in [0, 0.1) is 0 Å². The predicted octanol–water partition coefficient (Wildman–Crippen LogP) is 1.54. The van der Waals surface area contributed by atoms with E-state index in [2.05, 4.69) is 10.3 Å². The maximum atomic E-state index is 11.9. The Morgan fingerprint density at radius 3 is 2.50 bits per heavy atom. The van der Waals surface area contributed by atoms with Gasteiger partial charge in [0.25, 0.3) is 5.91 Å². The molecule has 0 fully saturated rings. The van der Waals surface area contributed by atoms with Gasteiger partial charge in [0.15, 0.2) is 5.69 Å². The molecule has 0 aliphatic heterocycles. The number of aliphatic carboxylic acids is 1. The first-order valence-corrected chi connectivity index (χ1v) is 5.89. The van der Waals surface area contributed by atoms with E-state index >= 15 is 0 Å². The predicted molar refractivity (Wildman–Crippen MR) is 74.4 cm³/mol. The molecular weight excluding hydrogens is 258 g/mol. The van der Waals surface area contributed by atoms with E-state index in [9.17, 15) is 9.59 Å². The summed E-state index contributed by atoms with van der Waals surface area (Å²) in [5.74, 6) is -1.31. The third-order valence-corrected chi connectivity index (χ3v) is 2.62. The number of carboxylic acid groups (broad SMARTS) is 1. The van der Waals surface area contributed by atoms with Crippen LogP contribution in [0.25, 0.3) is 0 Å². The first-order chi connectivity index (χ1) is 9.56. The molecule has 0 radical (unpaired) electrons. The molecule has 1 aromatic carbocycles. The number of pyridine rings is 1. The zero-order valence-electron chi connectivity index (χ0n) is 10.5. The molecule has 0 aliphatic rings. The van der Waals surface area contributed by atoms with Crippen molar-refractivity contribution in [1.29, 1.82) is 0 Å². The van der Waals surface area contributed by atoms with Crippen LogP contribution in [-0.4, -0.2) is 22.0 Å². The van der Waals surface area contributed by atoms with Gasteiger partial charge in [-0.05, 0) is 29.8 Å². The first-order valence-electron chi connectivity index (χ1n) is 5.89. The number of nitrogens with two attached hydrogens (primary N) is 1. The molecule has 1 amide bonds. The molecule has 6 nitrogen and oxygen atoms in total. The number of carbonyl (C=O) groups excluding carboxylic acids is 1. The van der Waals surface area contributed by atoms with Crippen LogP contribution in [0.3, 0.4) is 0 Å². The molecule has 2 rings (SSSR count). The van der Waals surface area contributed by atoms with E-state index in [-0.39, 0.29) is 12.1 Å². The van der Waals surface area contributed by atoms with Gasteiger partial charge in [0.1, 0.15) is 0 Å². The normalized spacial score (nSPS) is 10.0. The maximum absolute atomic E-state index is 11.9. The zero-order valence-corrected chi connectivity index (χ0v) is 10.5. The molecule has 4 N–H and O–H groups in total. The molecule has 0 spiro atoms. The van der Waals surface area contributed by atoms with Crippen LogP contribution < -0.4 is 11.1 Å². The van der Waals surface area contributed by atoms with Crippen molar-refractivity contribution >= 4 is 23.3 Å². The lowest BCUT2D eigenvalue weighted by Crippen LogP contribution is -2.15. The van der Waals surface area contributed by atoms with Crippen LogP contribution in [-0.2, 0) is 11.2 Å². The van der Waals surface area contributed by atoms with Crippen LogP contribution >= 0.6 is 0 Å². The lowest BCUT2D eigenvalue weighted by atomic mass is 10.1. The highest BCUT2D eigenvalue weighted by atomic mass is 16.4. The third kappa shape index (κ3) is 3.32. The molecule has 0 bridgehead atoms. The fourth-order valence-corrected chi connectivity index (χ4v) is 1.68. The van der Waals surface area contributed by atoms with E-state index in [0.717, 1.165) is 0 Å². The number of amides is 1. The van der Waals surface area contributed by atoms with E-state index in [0.29, 0.717) is 16.9 Å². The van der Waals surface area contributed by atoms with Gasteiger partial charge in [-0.3, -0.25) is 9.59 Å². The maximum Gasteiger partial charge on any atom is 0.307 e. The van der Waals surface area contributed by atoms with E-state index in [1.165, 1.54) is 6.20 Å². The Kier molecular flexibility index (Phi) is 3.95. The van der Waals surface area contributed by atoms with Crippen molar-refractivity contribution in [2.24, 2.45) is 0 Å². The number of hydrogen-bond acceptors (Lipinski definition) is 4. The van der Waals surface area contributed by atoms with Crippen molar-refractivity contribution < 1.29 is 14.7 Å². The number of hydrogen-bond donors (Lipinski definition) is 3. The number of anilines is 2. The van der Waals surface area contributed by atoms with Gasteiger partial charge in [-0.2, -0.15) is 0 Å². The number of nitrogen functional groups attached to an aromatic ring is 1. The largest absolute Gasteiger partial charge is 0.481 e. The molecule has 0 unspecified atom stereocenters. The van der Waals surface area contributed by atoms with Crippen LogP contribution in [0.2, 0.25) is 0 Å². The molecule has 0 saturated heterocycles.